The molecule has 2 heterocycles. The van der Waals surface area contributed by atoms with Crippen molar-refractivity contribution in [3.63, 3.8) is 0 Å². The fourth-order valence-electron chi connectivity index (χ4n) is 2.89. The second kappa shape index (κ2) is 11.4. The molecule has 148 valence electrons. The monoisotopic (exact) mass is 432 g/mol. The van der Waals surface area contributed by atoms with E-state index in [1.807, 2.05) is 11.8 Å². The predicted molar refractivity (Wildman–Crippen MR) is 111 cm³/mol. The van der Waals surface area contributed by atoms with Crippen molar-refractivity contribution in [3.8, 4) is 0 Å². The van der Waals surface area contributed by atoms with Gasteiger partial charge in [-0.1, -0.05) is 12.1 Å². The van der Waals surface area contributed by atoms with Crippen molar-refractivity contribution in [1.29, 1.82) is 0 Å². The fourth-order valence-corrected chi connectivity index (χ4v) is 3.84. The van der Waals surface area contributed by atoms with Crippen molar-refractivity contribution < 1.29 is 9.18 Å². The van der Waals surface area contributed by atoms with Crippen LogP contribution in [-0.2, 0) is 4.79 Å². The summed E-state index contributed by atoms with van der Waals surface area (Å²) in [6.07, 6.45) is 3.72. The van der Waals surface area contributed by atoms with Gasteiger partial charge in [-0.25, -0.2) is 14.4 Å². The largest absolute Gasteiger partial charge is 0.331 e. The Balaban J connectivity index is 0.00000182. The molecule has 27 heavy (non-hydrogen) atoms. The Morgan fingerprint density at radius 2 is 1.96 bits per heavy atom. The Hall–Kier alpha value is -1.41. The van der Waals surface area contributed by atoms with E-state index in [0.717, 1.165) is 23.6 Å². The molecular weight excluding hydrogens is 410 g/mol. The van der Waals surface area contributed by atoms with Gasteiger partial charge in [0.15, 0.2) is 5.82 Å². The molecule has 3 rings (SSSR count). The van der Waals surface area contributed by atoms with Crippen LogP contribution in [0.4, 0.5) is 4.39 Å². The lowest BCUT2D eigenvalue weighted by molar-refractivity contribution is -0.132. The summed E-state index contributed by atoms with van der Waals surface area (Å²) in [6, 6.07) is 7.61. The Morgan fingerprint density at radius 1 is 1.30 bits per heavy atom. The maximum Gasteiger partial charge on any atom is 0.224 e. The average molecular weight is 433 g/mol. The number of nitrogens with one attached hydrogen (secondary N) is 1. The summed E-state index contributed by atoms with van der Waals surface area (Å²) in [4.78, 5) is 23.1. The van der Waals surface area contributed by atoms with Crippen LogP contribution in [0.5, 0.6) is 0 Å². The molecule has 2 unspecified atom stereocenters. The number of benzene rings is 1. The van der Waals surface area contributed by atoms with Crippen molar-refractivity contribution in [2.45, 2.75) is 18.5 Å². The molecule has 0 aliphatic carbocycles. The standard InChI is InChI=1S/C18H21FN4OS.2ClH/c1-23(16(24)11-15-12-25-10-9-20-15)17(18-21-7-2-8-22-18)13-3-5-14(19)6-4-13;;/h2-8,15,17,20H,9-12H2,1H3;2*1H. The van der Waals surface area contributed by atoms with E-state index in [9.17, 15) is 9.18 Å². The third-order valence-corrected chi connectivity index (χ3v) is 5.35. The van der Waals surface area contributed by atoms with Gasteiger partial charge in [0.05, 0.1) is 0 Å². The molecule has 0 radical (unpaired) electrons. The van der Waals surface area contributed by atoms with E-state index in [1.54, 1.807) is 42.5 Å². The van der Waals surface area contributed by atoms with Gasteiger partial charge in [0, 0.05) is 50.0 Å². The zero-order valence-electron chi connectivity index (χ0n) is 14.9. The van der Waals surface area contributed by atoms with E-state index in [4.69, 9.17) is 0 Å². The summed E-state index contributed by atoms with van der Waals surface area (Å²) >= 11 is 1.86. The maximum atomic E-state index is 13.3. The van der Waals surface area contributed by atoms with Crippen molar-refractivity contribution >= 4 is 42.5 Å². The lowest BCUT2D eigenvalue weighted by atomic mass is 10.0. The highest BCUT2D eigenvalue weighted by molar-refractivity contribution is 7.99. The number of aromatic nitrogens is 2. The van der Waals surface area contributed by atoms with Crippen molar-refractivity contribution in [1.82, 2.24) is 20.2 Å². The van der Waals surface area contributed by atoms with E-state index in [2.05, 4.69) is 15.3 Å². The summed E-state index contributed by atoms with van der Waals surface area (Å²) in [6.45, 7) is 0.926. The minimum absolute atomic E-state index is 0. The van der Waals surface area contributed by atoms with Gasteiger partial charge < -0.3 is 10.2 Å². The van der Waals surface area contributed by atoms with Crippen molar-refractivity contribution in [2.24, 2.45) is 0 Å². The average Bonchev–Trinajstić information content (AvgIpc) is 2.65. The van der Waals surface area contributed by atoms with Gasteiger partial charge in [0.25, 0.3) is 0 Å². The molecule has 0 spiro atoms. The number of amides is 1. The van der Waals surface area contributed by atoms with Crippen LogP contribution < -0.4 is 5.32 Å². The molecule has 1 aliphatic heterocycles. The molecule has 9 heteroatoms. The van der Waals surface area contributed by atoms with E-state index < -0.39 is 6.04 Å². The topological polar surface area (TPSA) is 58.1 Å². The van der Waals surface area contributed by atoms with E-state index in [1.165, 1.54) is 12.1 Å². The van der Waals surface area contributed by atoms with Crippen LogP contribution in [0, 0.1) is 5.82 Å². The minimum Gasteiger partial charge on any atom is -0.331 e. The highest BCUT2D eigenvalue weighted by Crippen LogP contribution is 2.26. The number of rotatable bonds is 5. The molecule has 1 amide bonds. The van der Waals surface area contributed by atoms with E-state index in [0.29, 0.717) is 12.2 Å². The molecule has 1 aromatic carbocycles. The van der Waals surface area contributed by atoms with Gasteiger partial charge in [-0.05, 0) is 23.8 Å². The molecule has 0 bridgehead atoms. The molecule has 2 aromatic rings. The first kappa shape index (κ1) is 23.6. The third-order valence-electron chi connectivity index (χ3n) is 4.22. The summed E-state index contributed by atoms with van der Waals surface area (Å²) in [5.41, 5.74) is 0.787. The Morgan fingerprint density at radius 3 is 2.56 bits per heavy atom. The van der Waals surface area contributed by atoms with Gasteiger partial charge in [0.1, 0.15) is 11.9 Å². The van der Waals surface area contributed by atoms with Crippen LogP contribution in [-0.4, -0.2) is 51.9 Å². The molecule has 1 aromatic heterocycles. The normalized spacial score (nSPS) is 17.2. The van der Waals surface area contributed by atoms with Crippen LogP contribution in [0.3, 0.4) is 0 Å². The molecule has 1 aliphatic rings. The molecule has 1 N–H and O–H groups in total. The Bertz CT molecular complexity index is 702. The SMILES string of the molecule is CN(C(=O)CC1CSCCN1)C(c1ccc(F)cc1)c1ncccn1.Cl.Cl. The first-order valence-electron chi connectivity index (χ1n) is 8.24. The highest BCUT2D eigenvalue weighted by Gasteiger charge is 2.28. The molecular formula is C18H23Cl2FN4OS. The number of nitrogens with zero attached hydrogens (tertiary/aromatic N) is 3. The Labute approximate surface area is 175 Å². The van der Waals surface area contributed by atoms with Crippen LogP contribution in [0.1, 0.15) is 23.9 Å². The van der Waals surface area contributed by atoms with Crippen LogP contribution in [0.15, 0.2) is 42.7 Å². The number of halogens is 3. The molecule has 1 saturated heterocycles. The number of hydrogen-bond acceptors (Lipinski definition) is 5. The quantitative estimate of drug-likeness (QED) is 0.786. The molecule has 2 atom stereocenters. The van der Waals surface area contributed by atoms with Crippen LogP contribution in [0.2, 0.25) is 0 Å². The third kappa shape index (κ3) is 6.31. The maximum absolute atomic E-state index is 13.3. The lowest BCUT2D eigenvalue weighted by Crippen LogP contribution is -2.42. The van der Waals surface area contributed by atoms with E-state index >= 15 is 0 Å². The van der Waals surface area contributed by atoms with Gasteiger partial charge in [-0.3, -0.25) is 4.79 Å². The van der Waals surface area contributed by atoms with E-state index in [-0.39, 0.29) is 42.6 Å². The number of carbonyl (C=O) groups is 1. The zero-order valence-corrected chi connectivity index (χ0v) is 17.3. The molecule has 1 fully saturated rings. The Kier molecular flexibility index (Phi) is 10.0. The second-order valence-electron chi connectivity index (χ2n) is 6.00. The first-order chi connectivity index (χ1) is 12.1. The minimum atomic E-state index is -0.439. The predicted octanol–water partition coefficient (Wildman–Crippen LogP) is 3.10. The lowest BCUT2D eigenvalue weighted by Gasteiger charge is -2.30. The molecule has 0 saturated carbocycles. The fraction of sp³-hybridized carbons (Fsp3) is 0.389. The smallest absolute Gasteiger partial charge is 0.224 e. The number of hydrogen-bond donors (Lipinski definition) is 1. The van der Waals surface area contributed by atoms with Crippen LogP contribution >= 0.6 is 36.6 Å². The number of thioether (sulfide) groups is 1. The van der Waals surface area contributed by atoms with Gasteiger partial charge >= 0.3 is 0 Å². The first-order valence-corrected chi connectivity index (χ1v) is 9.40. The van der Waals surface area contributed by atoms with Crippen molar-refractivity contribution in [2.75, 3.05) is 25.1 Å². The summed E-state index contributed by atoms with van der Waals surface area (Å²) < 4.78 is 13.3. The van der Waals surface area contributed by atoms with Gasteiger partial charge in [-0.15, -0.1) is 24.8 Å². The highest BCUT2D eigenvalue weighted by atomic mass is 35.5. The number of carbonyl (C=O) groups excluding carboxylic acids is 1. The zero-order chi connectivity index (χ0) is 17.6. The van der Waals surface area contributed by atoms with Crippen molar-refractivity contribution in [3.05, 3.63) is 59.9 Å². The summed E-state index contributed by atoms with van der Waals surface area (Å²) in [5.74, 6) is 2.24. The van der Waals surface area contributed by atoms with Gasteiger partial charge in [-0.2, -0.15) is 11.8 Å². The second-order valence-corrected chi connectivity index (χ2v) is 7.15. The van der Waals surface area contributed by atoms with Crippen LogP contribution in [0.25, 0.3) is 0 Å². The summed E-state index contributed by atoms with van der Waals surface area (Å²) in [7, 11) is 1.75. The summed E-state index contributed by atoms with van der Waals surface area (Å²) in [5, 5.41) is 3.38. The molecule has 5 nitrogen and oxygen atoms in total. The van der Waals surface area contributed by atoms with Gasteiger partial charge in [0.2, 0.25) is 5.91 Å².